The SMILES string of the molecule is CC(C)n1ccc2cc(C(=O)C(=O)NC(CN3CCCC3)C(O)c3cc(F)c4c(c3)OCCO4)ccc21. The molecule has 2 aliphatic heterocycles. The number of halogens is 1. The maximum atomic E-state index is 14.7. The van der Waals surface area contributed by atoms with E-state index in [1.54, 1.807) is 12.1 Å². The van der Waals surface area contributed by atoms with Crippen molar-refractivity contribution in [2.75, 3.05) is 32.8 Å². The second kappa shape index (κ2) is 10.5. The molecule has 0 spiro atoms. The molecule has 2 N–H and O–H groups in total. The molecule has 2 aliphatic rings. The van der Waals surface area contributed by atoms with Gasteiger partial charge in [-0.05, 0) is 81.7 Å². The van der Waals surface area contributed by atoms with E-state index >= 15 is 0 Å². The van der Waals surface area contributed by atoms with Crippen molar-refractivity contribution >= 4 is 22.6 Å². The minimum absolute atomic E-state index is 0.0131. The van der Waals surface area contributed by atoms with Gasteiger partial charge in [-0.1, -0.05) is 0 Å². The summed E-state index contributed by atoms with van der Waals surface area (Å²) in [5, 5.41) is 14.8. The fourth-order valence-corrected chi connectivity index (χ4v) is 5.12. The lowest BCUT2D eigenvalue weighted by Gasteiger charge is -2.29. The molecule has 1 amide bonds. The summed E-state index contributed by atoms with van der Waals surface area (Å²) < 4.78 is 27.6. The molecule has 3 heterocycles. The largest absolute Gasteiger partial charge is 0.486 e. The normalized spacial score (nSPS) is 17.2. The van der Waals surface area contributed by atoms with Gasteiger partial charge in [-0.2, -0.15) is 0 Å². The van der Waals surface area contributed by atoms with Gasteiger partial charge in [-0.3, -0.25) is 9.59 Å². The molecule has 3 aromatic rings. The standard InChI is InChI=1S/C28H32FN3O5/c1-17(2)32-10-7-18-13-19(5-6-23(18)32)26(34)28(35)30-22(16-31-8-3-4-9-31)25(33)20-14-21(29)27-24(15-20)36-11-12-37-27/h5-7,10,13-15,17,22,25,33H,3-4,8-9,11-12,16H2,1-2H3,(H,30,35). The van der Waals surface area contributed by atoms with E-state index < -0.39 is 29.7 Å². The number of benzene rings is 2. The Labute approximate surface area is 215 Å². The van der Waals surface area contributed by atoms with Crippen LogP contribution in [-0.4, -0.2) is 65.2 Å². The Kier molecular flexibility index (Phi) is 7.17. The number of Topliss-reactive ketones (excluding diaryl/α,β-unsaturated/α-hetero) is 1. The minimum Gasteiger partial charge on any atom is -0.486 e. The second-order valence-electron chi connectivity index (χ2n) is 9.98. The lowest BCUT2D eigenvalue weighted by atomic mass is 9.99. The number of aliphatic hydroxyl groups excluding tert-OH is 1. The first-order valence-electron chi connectivity index (χ1n) is 12.8. The molecule has 1 fully saturated rings. The number of carbonyl (C=O) groups is 2. The lowest BCUT2D eigenvalue weighted by molar-refractivity contribution is -0.118. The molecule has 196 valence electrons. The molecule has 0 bridgehead atoms. The molecular weight excluding hydrogens is 477 g/mol. The van der Waals surface area contributed by atoms with Gasteiger partial charge in [0.05, 0.1) is 6.04 Å². The quantitative estimate of drug-likeness (QED) is 0.356. The summed E-state index contributed by atoms with van der Waals surface area (Å²) in [6.07, 6.45) is 2.73. The smallest absolute Gasteiger partial charge is 0.292 e. The highest BCUT2D eigenvalue weighted by atomic mass is 19.1. The number of hydrogen-bond donors (Lipinski definition) is 2. The Balaban J connectivity index is 1.38. The van der Waals surface area contributed by atoms with E-state index in [-0.39, 0.29) is 41.9 Å². The molecule has 0 saturated carbocycles. The number of aromatic nitrogens is 1. The molecule has 8 nitrogen and oxygen atoms in total. The van der Waals surface area contributed by atoms with Gasteiger partial charge >= 0.3 is 0 Å². The predicted molar refractivity (Wildman–Crippen MR) is 137 cm³/mol. The van der Waals surface area contributed by atoms with Crippen molar-refractivity contribution in [2.24, 2.45) is 0 Å². The molecule has 1 aromatic heterocycles. The minimum atomic E-state index is -1.26. The van der Waals surface area contributed by atoms with Crippen LogP contribution in [0.3, 0.4) is 0 Å². The van der Waals surface area contributed by atoms with Crippen molar-refractivity contribution in [3.05, 3.63) is 59.5 Å². The summed E-state index contributed by atoms with van der Waals surface area (Å²) in [5.74, 6) is -1.92. The number of fused-ring (bicyclic) bond motifs is 2. The first-order valence-corrected chi connectivity index (χ1v) is 12.8. The zero-order valence-corrected chi connectivity index (χ0v) is 21.1. The number of nitrogens with zero attached hydrogens (tertiary/aromatic N) is 2. The fourth-order valence-electron chi connectivity index (χ4n) is 5.12. The number of ether oxygens (including phenoxy) is 2. The van der Waals surface area contributed by atoms with Gasteiger partial charge in [-0.15, -0.1) is 0 Å². The Morgan fingerprint density at radius 1 is 1.08 bits per heavy atom. The van der Waals surface area contributed by atoms with Crippen LogP contribution in [0, 0.1) is 5.82 Å². The second-order valence-corrected chi connectivity index (χ2v) is 9.98. The van der Waals surface area contributed by atoms with Crippen LogP contribution in [0.2, 0.25) is 0 Å². The molecular formula is C28H32FN3O5. The van der Waals surface area contributed by atoms with Crippen LogP contribution in [-0.2, 0) is 4.79 Å². The molecule has 5 rings (SSSR count). The summed E-state index contributed by atoms with van der Waals surface area (Å²) in [7, 11) is 0. The van der Waals surface area contributed by atoms with Gasteiger partial charge in [0.1, 0.15) is 19.3 Å². The summed E-state index contributed by atoms with van der Waals surface area (Å²) >= 11 is 0. The maximum absolute atomic E-state index is 14.7. The Morgan fingerprint density at radius 3 is 2.59 bits per heavy atom. The van der Waals surface area contributed by atoms with Gasteiger partial charge in [0.2, 0.25) is 5.78 Å². The highest BCUT2D eigenvalue weighted by Gasteiger charge is 2.31. The molecule has 9 heteroatoms. The highest BCUT2D eigenvalue weighted by Crippen LogP contribution is 2.36. The number of carbonyl (C=O) groups excluding carboxylic acids is 2. The first-order chi connectivity index (χ1) is 17.8. The van der Waals surface area contributed by atoms with Crippen molar-refractivity contribution in [3.63, 3.8) is 0 Å². The van der Waals surface area contributed by atoms with Crippen LogP contribution in [0.4, 0.5) is 4.39 Å². The van der Waals surface area contributed by atoms with E-state index in [9.17, 15) is 19.1 Å². The van der Waals surface area contributed by atoms with Crippen LogP contribution in [0.5, 0.6) is 11.5 Å². The number of aliphatic hydroxyl groups is 1. The zero-order chi connectivity index (χ0) is 26.1. The van der Waals surface area contributed by atoms with E-state index in [2.05, 4.69) is 28.6 Å². The van der Waals surface area contributed by atoms with Crippen molar-refractivity contribution in [3.8, 4) is 11.5 Å². The number of hydrogen-bond acceptors (Lipinski definition) is 6. The average Bonchev–Trinajstić information content (AvgIpc) is 3.57. The van der Waals surface area contributed by atoms with Crippen LogP contribution in [0.25, 0.3) is 10.9 Å². The van der Waals surface area contributed by atoms with Crippen molar-refractivity contribution in [2.45, 2.75) is 44.9 Å². The average molecular weight is 510 g/mol. The molecule has 1 saturated heterocycles. The summed E-state index contributed by atoms with van der Waals surface area (Å²) in [6, 6.07) is 9.26. The number of likely N-dealkylation sites (tertiary alicyclic amines) is 1. The zero-order valence-electron chi connectivity index (χ0n) is 21.1. The molecule has 2 atom stereocenters. The van der Waals surface area contributed by atoms with E-state index in [1.165, 1.54) is 12.1 Å². The van der Waals surface area contributed by atoms with Gasteiger partial charge in [0.25, 0.3) is 5.91 Å². The molecule has 0 aliphatic carbocycles. The third-order valence-electron chi connectivity index (χ3n) is 7.06. The van der Waals surface area contributed by atoms with Crippen LogP contribution < -0.4 is 14.8 Å². The van der Waals surface area contributed by atoms with Crippen LogP contribution in [0.15, 0.2) is 42.6 Å². The number of amides is 1. The summed E-state index contributed by atoms with van der Waals surface area (Å²) in [4.78, 5) is 28.3. The molecule has 37 heavy (non-hydrogen) atoms. The van der Waals surface area contributed by atoms with E-state index in [0.717, 1.165) is 36.8 Å². The van der Waals surface area contributed by atoms with Crippen molar-refractivity contribution < 1.29 is 28.6 Å². The van der Waals surface area contributed by atoms with Gasteiger partial charge in [-0.25, -0.2) is 4.39 Å². The first kappa shape index (κ1) is 25.2. The van der Waals surface area contributed by atoms with E-state index in [1.807, 2.05) is 18.3 Å². The third-order valence-corrected chi connectivity index (χ3v) is 7.06. The van der Waals surface area contributed by atoms with Gasteiger partial charge < -0.3 is 29.4 Å². The third kappa shape index (κ3) is 5.19. The summed E-state index contributed by atoms with van der Waals surface area (Å²) in [5.41, 5.74) is 1.50. The van der Waals surface area contributed by atoms with Gasteiger partial charge in [0, 0.05) is 35.2 Å². The van der Waals surface area contributed by atoms with Crippen molar-refractivity contribution in [1.82, 2.24) is 14.8 Å². The lowest BCUT2D eigenvalue weighted by Crippen LogP contribution is -2.48. The maximum Gasteiger partial charge on any atom is 0.292 e. The van der Waals surface area contributed by atoms with Crippen LogP contribution >= 0.6 is 0 Å². The number of ketones is 1. The van der Waals surface area contributed by atoms with E-state index in [4.69, 9.17) is 9.47 Å². The highest BCUT2D eigenvalue weighted by molar-refractivity contribution is 6.43. The Bertz CT molecular complexity index is 1310. The topological polar surface area (TPSA) is 93.0 Å². The van der Waals surface area contributed by atoms with Crippen LogP contribution in [0.1, 0.15) is 54.8 Å². The van der Waals surface area contributed by atoms with Gasteiger partial charge in [0.15, 0.2) is 17.3 Å². The number of rotatable bonds is 8. The molecule has 2 aromatic carbocycles. The number of nitrogens with one attached hydrogen (secondary N) is 1. The summed E-state index contributed by atoms with van der Waals surface area (Å²) in [6.45, 7) is 6.65. The Morgan fingerprint density at radius 2 is 1.84 bits per heavy atom. The molecule has 2 unspecified atom stereocenters. The van der Waals surface area contributed by atoms with E-state index in [0.29, 0.717) is 6.54 Å². The molecule has 0 radical (unpaired) electrons. The Hall–Kier alpha value is -3.43. The predicted octanol–water partition coefficient (Wildman–Crippen LogP) is 3.63. The fraction of sp³-hybridized carbons (Fsp3) is 0.429. The van der Waals surface area contributed by atoms with Crippen molar-refractivity contribution in [1.29, 1.82) is 0 Å². The monoisotopic (exact) mass is 509 g/mol.